The molecule has 5 nitrogen and oxygen atoms in total. The Bertz CT molecular complexity index is 955. The van der Waals surface area contributed by atoms with Crippen LogP contribution >= 0.6 is 0 Å². The standard InChI is InChI=1S/C26H33N3O2/c1-4-13-28-14-12-22-10-11-23(18-28)29(22)17-21-9-8-20(26(31)27(2)3)16-25(21)19-6-5-7-24(30)15-19/h4-9,15-16,22-23,30H,1,10-14,17-18H2,2-3H3. The highest BCUT2D eigenvalue weighted by Crippen LogP contribution is 2.35. The molecule has 0 spiro atoms. The average Bonchev–Trinajstić information content (AvgIpc) is 3.03. The fourth-order valence-electron chi connectivity index (χ4n) is 5.09. The zero-order chi connectivity index (χ0) is 22.0. The molecule has 2 aromatic rings. The van der Waals surface area contributed by atoms with E-state index < -0.39 is 0 Å². The normalized spacial score (nSPS) is 21.6. The summed E-state index contributed by atoms with van der Waals surface area (Å²) in [7, 11) is 3.54. The fourth-order valence-corrected chi connectivity index (χ4v) is 5.09. The minimum absolute atomic E-state index is 0.0112. The van der Waals surface area contributed by atoms with Gasteiger partial charge in [0.2, 0.25) is 0 Å². The van der Waals surface area contributed by atoms with Crippen molar-refractivity contribution in [2.24, 2.45) is 0 Å². The lowest BCUT2D eigenvalue weighted by atomic mass is 9.95. The number of nitrogens with zero attached hydrogens (tertiary/aromatic N) is 3. The van der Waals surface area contributed by atoms with Crippen molar-refractivity contribution in [1.82, 2.24) is 14.7 Å². The topological polar surface area (TPSA) is 47.0 Å². The van der Waals surface area contributed by atoms with Crippen LogP contribution < -0.4 is 0 Å². The molecule has 2 aliphatic rings. The van der Waals surface area contributed by atoms with Crippen molar-refractivity contribution in [3.8, 4) is 16.9 Å². The molecule has 2 unspecified atom stereocenters. The monoisotopic (exact) mass is 419 g/mol. The molecular formula is C26H33N3O2. The molecule has 2 heterocycles. The highest BCUT2D eigenvalue weighted by Gasteiger charge is 2.37. The molecule has 2 atom stereocenters. The van der Waals surface area contributed by atoms with Crippen LogP contribution in [0.25, 0.3) is 11.1 Å². The summed E-state index contributed by atoms with van der Waals surface area (Å²) in [6.07, 6.45) is 5.68. The Hall–Kier alpha value is -2.63. The molecule has 4 rings (SSSR count). The van der Waals surface area contributed by atoms with E-state index in [2.05, 4.69) is 22.4 Å². The van der Waals surface area contributed by atoms with E-state index >= 15 is 0 Å². The molecule has 1 N–H and O–H groups in total. The van der Waals surface area contributed by atoms with E-state index in [0.717, 1.165) is 37.3 Å². The molecule has 31 heavy (non-hydrogen) atoms. The molecule has 2 bridgehead atoms. The second-order valence-electron chi connectivity index (χ2n) is 9.02. The van der Waals surface area contributed by atoms with Crippen molar-refractivity contribution in [3.05, 3.63) is 66.2 Å². The lowest BCUT2D eigenvalue weighted by Gasteiger charge is -2.29. The molecular weight excluding hydrogens is 386 g/mol. The Morgan fingerprint density at radius 1 is 1.16 bits per heavy atom. The first-order valence-electron chi connectivity index (χ1n) is 11.2. The van der Waals surface area contributed by atoms with E-state index in [9.17, 15) is 9.90 Å². The maximum atomic E-state index is 12.6. The van der Waals surface area contributed by atoms with Crippen LogP contribution in [0.5, 0.6) is 5.75 Å². The average molecular weight is 420 g/mol. The van der Waals surface area contributed by atoms with E-state index in [0.29, 0.717) is 17.6 Å². The number of carbonyl (C=O) groups excluding carboxylic acids is 1. The van der Waals surface area contributed by atoms with E-state index in [1.54, 1.807) is 31.1 Å². The van der Waals surface area contributed by atoms with Crippen molar-refractivity contribution in [2.45, 2.75) is 37.9 Å². The Morgan fingerprint density at radius 3 is 2.71 bits per heavy atom. The third-order valence-corrected chi connectivity index (χ3v) is 6.68. The number of rotatable bonds is 6. The maximum Gasteiger partial charge on any atom is 0.253 e. The minimum atomic E-state index is -0.0112. The van der Waals surface area contributed by atoms with E-state index in [1.807, 2.05) is 30.3 Å². The molecule has 2 aromatic carbocycles. The number of fused-ring (bicyclic) bond motifs is 2. The third kappa shape index (κ3) is 4.68. The van der Waals surface area contributed by atoms with Gasteiger partial charge >= 0.3 is 0 Å². The number of amides is 1. The van der Waals surface area contributed by atoms with Gasteiger partial charge in [0.05, 0.1) is 0 Å². The molecule has 2 saturated heterocycles. The number of hydrogen-bond donors (Lipinski definition) is 1. The van der Waals surface area contributed by atoms with Crippen molar-refractivity contribution in [1.29, 1.82) is 0 Å². The van der Waals surface area contributed by atoms with Crippen LogP contribution in [-0.2, 0) is 6.54 Å². The Balaban J connectivity index is 1.67. The van der Waals surface area contributed by atoms with Crippen molar-refractivity contribution in [3.63, 3.8) is 0 Å². The first kappa shape index (κ1) is 21.6. The molecule has 2 fully saturated rings. The van der Waals surface area contributed by atoms with Gasteiger partial charge in [-0.05, 0) is 60.2 Å². The summed E-state index contributed by atoms with van der Waals surface area (Å²) in [6, 6.07) is 14.5. The van der Waals surface area contributed by atoms with Gasteiger partial charge in [0.15, 0.2) is 0 Å². The van der Waals surface area contributed by atoms with Gasteiger partial charge in [-0.2, -0.15) is 0 Å². The van der Waals surface area contributed by atoms with Crippen LogP contribution in [0.3, 0.4) is 0 Å². The Morgan fingerprint density at radius 2 is 1.97 bits per heavy atom. The molecule has 0 radical (unpaired) electrons. The van der Waals surface area contributed by atoms with Gasteiger partial charge in [-0.3, -0.25) is 14.6 Å². The SMILES string of the molecule is C=CCN1CCC2CCC(C1)N2Cc1ccc(C(=O)N(C)C)cc1-c1cccc(O)c1. The van der Waals surface area contributed by atoms with Crippen LogP contribution in [-0.4, -0.2) is 71.5 Å². The number of likely N-dealkylation sites (tertiary alicyclic amines) is 1. The third-order valence-electron chi connectivity index (χ3n) is 6.68. The number of carbonyl (C=O) groups is 1. The van der Waals surface area contributed by atoms with Crippen molar-refractivity contribution < 1.29 is 9.90 Å². The van der Waals surface area contributed by atoms with Gasteiger partial charge in [-0.1, -0.05) is 24.3 Å². The number of hydrogen-bond acceptors (Lipinski definition) is 4. The number of benzene rings is 2. The summed E-state index contributed by atoms with van der Waals surface area (Å²) in [6.45, 7) is 7.93. The van der Waals surface area contributed by atoms with Gasteiger partial charge in [-0.15, -0.1) is 6.58 Å². The van der Waals surface area contributed by atoms with E-state index in [-0.39, 0.29) is 11.7 Å². The number of aromatic hydroxyl groups is 1. The van der Waals surface area contributed by atoms with Gasteiger partial charge in [0.1, 0.15) is 5.75 Å². The molecule has 0 saturated carbocycles. The maximum absolute atomic E-state index is 12.6. The van der Waals surface area contributed by atoms with Crippen LogP contribution in [0.15, 0.2) is 55.1 Å². The summed E-state index contributed by atoms with van der Waals surface area (Å²) in [5, 5.41) is 10.1. The van der Waals surface area contributed by atoms with Crippen LogP contribution in [0.1, 0.15) is 35.2 Å². The zero-order valence-electron chi connectivity index (χ0n) is 18.6. The summed E-state index contributed by atoms with van der Waals surface area (Å²) < 4.78 is 0. The quantitative estimate of drug-likeness (QED) is 0.720. The predicted octanol–water partition coefficient (Wildman–Crippen LogP) is 3.99. The molecule has 5 heteroatoms. The second kappa shape index (κ2) is 9.25. The van der Waals surface area contributed by atoms with E-state index in [1.165, 1.54) is 24.8 Å². The van der Waals surface area contributed by atoms with E-state index in [4.69, 9.17) is 0 Å². The highest BCUT2D eigenvalue weighted by atomic mass is 16.3. The van der Waals surface area contributed by atoms with Crippen LogP contribution in [0, 0.1) is 0 Å². The van der Waals surface area contributed by atoms with Gasteiger partial charge in [-0.25, -0.2) is 0 Å². The summed E-state index contributed by atoms with van der Waals surface area (Å²) in [5.74, 6) is 0.227. The van der Waals surface area contributed by atoms with Crippen LogP contribution in [0.2, 0.25) is 0 Å². The van der Waals surface area contributed by atoms with Gasteiger partial charge < -0.3 is 10.0 Å². The molecule has 2 aliphatic heterocycles. The summed E-state index contributed by atoms with van der Waals surface area (Å²) >= 11 is 0. The number of phenolic OH excluding ortho intramolecular Hbond substituents is 1. The summed E-state index contributed by atoms with van der Waals surface area (Å²) in [5.41, 5.74) is 3.84. The van der Waals surface area contributed by atoms with Crippen molar-refractivity contribution >= 4 is 5.91 Å². The highest BCUT2D eigenvalue weighted by molar-refractivity contribution is 5.95. The Kier molecular flexibility index (Phi) is 6.44. The molecule has 0 aliphatic carbocycles. The smallest absolute Gasteiger partial charge is 0.253 e. The first-order chi connectivity index (χ1) is 15.0. The molecule has 1 amide bonds. The van der Waals surface area contributed by atoms with Crippen molar-refractivity contribution in [2.75, 3.05) is 33.7 Å². The molecule has 0 aromatic heterocycles. The largest absolute Gasteiger partial charge is 0.508 e. The fraction of sp³-hybridized carbons (Fsp3) is 0.423. The Labute approximate surface area is 185 Å². The predicted molar refractivity (Wildman–Crippen MR) is 125 cm³/mol. The first-order valence-corrected chi connectivity index (χ1v) is 11.2. The van der Waals surface area contributed by atoms with Gasteiger partial charge in [0, 0.05) is 57.9 Å². The zero-order valence-corrected chi connectivity index (χ0v) is 18.6. The number of phenols is 1. The van der Waals surface area contributed by atoms with Gasteiger partial charge in [0.25, 0.3) is 5.91 Å². The lowest BCUT2D eigenvalue weighted by molar-refractivity contribution is 0.0827. The second-order valence-corrected chi connectivity index (χ2v) is 9.02. The summed E-state index contributed by atoms with van der Waals surface area (Å²) in [4.78, 5) is 19.4. The van der Waals surface area contributed by atoms with Crippen LogP contribution in [0.4, 0.5) is 0 Å². The molecule has 164 valence electrons. The minimum Gasteiger partial charge on any atom is -0.508 e. The lowest BCUT2D eigenvalue weighted by Crippen LogP contribution is -2.38.